The third-order valence-electron chi connectivity index (χ3n) is 11.3. The van der Waals surface area contributed by atoms with E-state index < -0.39 is 0 Å². The van der Waals surface area contributed by atoms with Crippen molar-refractivity contribution in [3.8, 4) is 5.75 Å². The first kappa shape index (κ1) is 28.7. The van der Waals surface area contributed by atoms with Gasteiger partial charge in [0.2, 0.25) is 5.91 Å². The third kappa shape index (κ3) is 5.95. The number of rotatable bonds is 9. The lowest BCUT2D eigenvalue weighted by atomic mass is 9.51. The summed E-state index contributed by atoms with van der Waals surface area (Å²) in [5.74, 6) is 2.70. The number of carbonyl (C=O) groups excluding carboxylic acids is 1. The summed E-state index contributed by atoms with van der Waals surface area (Å²) < 4.78 is 5.34. The monoisotopic (exact) mass is 559 g/mol. The number of aryl methyl sites for hydroxylation is 2. The Balaban J connectivity index is 1.05. The normalized spacial score (nSPS) is 30.9. The Hall–Kier alpha value is -2.37. The molecule has 2 aromatic carbocycles. The largest absolute Gasteiger partial charge is 0.508 e. The number of aromatic hydroxyl groups is 1. The molecular formula is C36H49NO4. The minimum Gasteiger partial charge on any atom is -0.508 e. The van der Waals surface area contributed by atoms with Gasteiger partial charge in [0.25, 0.3) is 0 Å². The average Bonchev–Trinajstić information content (AvgIpc) is 3.30. The molecule has 5 heteroatoms. The molecule has 41 heavy (non-hydrogen) atoms. The van der Waals surface area contributed by atoms with E-state index in [1.165, 1.54) is 41.5 Å². The summed E-state index contributed by atoms with van der Waals surface area (Å²) in [7, 11) is 0. The molecule has 2 saturated carbocycles. The van der Waals surface area contributed by atoms with Crippen LogP contribution in [0.25, 0.3) is 0 Å². The molecule has 222 valence electrons. The van der Waals surface area contributed by atoms with E-state index >= 15 is 0 Å². The minimum absolute atomic E-state index is 0.00820. The first-order valence-electron chi connectivity index (χ1n) is 16.4. The Morgan fingerprint density at radius 3 is 2.54 bits per heavy atom. The van der Waals surface area contributed by atoms with Gasteiger partial charge in [0.05, 0.1) is 19.3 Å². The molecule has 1 aliphatic heterocycles. The molecule has 3 fully saturated rings. The molecular weight excluding hydrogens is 510 g/mol. The topological polar surface area (TPSA) is 70.0 Å². The van der Waals surface area contributed by atoms with Crippen LogP contribution < -0.4 is 0 Å². The van der Waals surface area contributed by atoms with Crippen molar-refractivity contribution in [1.29, 1.82) is 0 Å². The number of benzene rings is 2. The van der Waals surface area contributed by atoms with Gasteiger partial charge in [-0.05, 0) is 115 Å². The van der Waals surface area contributed by atoms with E-state index in [0.29, 0.717) is 55.0 Å². The molecule has 0 spiro atoms. The maximum atomic E-state index is 12.3. The molecule has 1 heterocycles. The molecule has 2 aromatic rings. The smallest absolute Gasteiger partial charge is 0.222 e. The summed E-state index contributed by atoms with van der Waals surface area (Å²) in [5.41, 5.74) is 5.56. The number of hydrogen-bond donors (Lipinski definition) is 2. The number of fused-ring (bicyclic) bond motifs is 5. The zero-order valence-corrected chi connectivity index (χ0v) is 24.9. The standard InChI is InChI=1S/C36H49NO4/c1-36-24-31(35-29-16-14-28(38)23-27(29)13-15-30(35)32(36)17-18-33(36)39)26-11-9-25(10-12-26)7-5-3-2-4-6-8-34(40)37-19-21-41-22-20-37/h9-12,14,16,23,30-33,35,38-39H,2-8,13,15,17-22,24H2,1H3/t30-,31+,32-,33-,35+,36-/m0/s1. The van der Waals surface area contributed by atoms with Gasteiger partial charge in [-0.15, -0.1) is 0 Å². The van der Waals surface area contributed by atoms with Gasteiger partial charge in [-0.1, -0.05) is 56.5 Å². The number of aliphatic hydroxyl groups is 1. The van der Waals surface area contributed by atoms with Crippen LogP contribution in [-0.4, -0.2) is 53.4 Å². The summed E-state index contributed by atoms with van der Waals surface area (Å²) in [6.07, 6.45) is 12.6. The van der Waals surface area contributed by atoms with Crippen LogP contribution in [0.3, 0.4) is 0 Å². The summed E-state index contributed by atoms with van der Waals surface area (Å²) in [4.78, 5) is 14.3. The fourth-order valence-corrected chi connectivity index (χ4v) is 9.03. The summed E-state index contributed by atoms with van der Waals surface area (Å²) >= 11 is 0. The fourth-order valence-electron chi connectivity index (χ4n) is 9.03. The molecule has 0 bridgehead atoms. The second kappa shape index (κ2) is 12.5. The average molecular weight is 560 g/mol. The van der Waals surface area contributed by atoms with Crippen molar-refractivity contribution in [3.05, 3.63) is 64.7 Å². The number of unbranched alkanes of at least 4 members (excludes halogenated alkanes) is 4. The van der Waals surface area contributed by atoms with Gasteiger partial charge < -0.3 is 19.8 Å². The first-order chi connectivity index (χ1) is 19.9. The molecule has 1 amide bonds. The molecule has 0 radical (unpaired) electrons. The van der Waals surface area contributed by atoms with Crippen LogP contribution in [0.4, 0.5) is 0 Å². The highest BCUT2D eigenvalue weighted by Crippen LogP contribution is 2.65. The van der Waals surface area contributed by atoms with Crippen molar-refractivity contribution in [3.63, 3.8) is 0 Å². The van der Waals surface area contributed by atoms with Gasteiger partial charge in [0.1, 0.15) is 5.75 Å². The Morgan fingerprint density at radius 2 is 1.73 bits per heavy atom. The van der Waals surface area contributed by atoms with Gasteiger partial charge in [0, 0.05) is 19.5 Å². The zero-order valence-electron chi connectivity index (χ0n) is 24.9. The number of amides is 1. The lowest BCUT2D eigenvalue weighted by molar-refractivity contribution is -0.135. The molecule has 6 rings (SSSR count). The van der Waals surface area contributed by atoms with Crippen LogP contribution in [0.15, 0.2) is 42.5 Å². The number of phenolic OH excluding ortho intramolecular Hbond substituents is 1. The number of ether oxygens (including phenoxy) is 1. The van der Waals surface area contributed by atoms with Gasteiger partial charge in [-0.2, -0.15) is 0 Å². The van der Waals surface area contributed by atoms with E-state index in [0.717, 1.165) is 64.5 Å². The van der Waals surface area contributed by atoms with Crippen molar-refractivity contribution in [1.82, 2.24) is 4.90 Å². The number of carbonyl (C=O) groups is 1. The number of hydrogen-bond acceptors (Lipinski definition) is 4. The van der Waals surface area contributed by atoms with Crippen molar-refractivity contribution in [2.75, 3.05) is 26.3 Å². The highest BCUT2D eigenvalue weighted by atomic mass is 16.5. The number of morpholine rings is 1. The van der Waals surface area contributed by atoms with Crippen LogP contribution >= 0.6 is 0 Å². The van der Waals surface area contributed by atoms with Gasteiger partial charge in [0.15, 0.2) is 0 Å². The highest BCUT2D eigenvalue weighted by Gasteiger charge is 2.57. The maximum absolute atomic E-state index is 12.3. The van der Waals surface area contributed by atoms with Crippen molar-refractivity contribution in [2.24, 2.45) is 17.3 Å². The van der Waals surface area contributed by atoms with Crippen LogP contribution in [0, 0.1) is 17.3 Å². The Bertz CT molecular complexity index is 1190. The quantitative estimate of drug-likeness (QED) is 0.334. The molecule has 3 aliphatic carbocycles. The lowest BCUT2D eigenvalue weighted by Crippen LogP contribution is -2.47. The molecule has 0 aromatic heterocycles. The highest BCUT2D eigenvalue weighted by molar-refractivity contribution is 5.76. The van der Waals surface area contributed by atoms with E-state index in [1.807, 2.05) is 17.0 Å². The van der Waals surface area contributed by atoms with Crippen LogP contribution in [0.5, 0.6) is 5.75 Å². The molecule has 0 unspecified atom stereocenters. The number of nitrogens with zero attached hydrogens (tertiary/aromatic N) is 1. The van der Waals surface area contributed by atoms with Gasteiger partial charge >= 0.3 is 0 Å². The molecule has 2 N–H and O–H groups in total. The molecule has 6 atom stereocenters. The van der Waals surface area contributed by atoms with E-state index in [9.17, 15) is 15.0 Å². The number of phenols is 1. The van der Waals surface area contributed by atoms with Crippen LogP contribution in [0.2, 0.25) is 0 Å². The van der Waals surface area contributed by atoms with E-state index in [-0.39, 0.29) is 11.5 Å². The van der Waals surface area contributed by atoms with Gasteiger partial charge in [-0.3, -0.25) is 4.79 Å². The van der Waals surface area contributed by atoms with E-state index in [1.54, 1.807) is 0 Å². The third-order valence-corrected chi connectivity index (χ3v) is 11.3. The Kier molecular flexibility index (Phi) is 8.74. The number of aliphatic hydroxyl groups excluding tert-OH is 1. The molecule has 1 saturated heterocycles. The van der Waals surface area contributed by atoms with Crippen LogP contribution in [-0.2, 0) is 22.4 Å². The van der Waals surface area contributed by atoms with Crippen molar-refractivity contribution >= 4 is 5.91 Å². The second-order valence-corrected chi connectivity index (χ2v) is 13.6. The van der Waals surface area contributed by atoms with E-state index in [2.05, 4.69) is 37.3 Å². The predicted molar refractivity (Wildman–Crippen MR) is 162 cm³/mol. The summed E-state index contributed by atoms with van der Waals surface area (Å²) in [5, 5.41) is 21.3. The fraction of sp³-hybridized carbons (Fsp3) is 0.639. The first-order valence-corrected chi connectivity index (χ1v) is 16.4. The molecule has 4 aliphatic rings. The molecule has 5 nitrogen and oxygen atoms in total. The van der Waals surface area contributed by atoms with Crippen LogP contribution in [0.1, 0.15) is 105 Å². The minimum atomic E-state index is -0.200. The maximum Gasteiger partial charge on any atom is 0.222 e. The summed E-state index contributed by atoms with van der Waals surface area (Å²) in [6, 6.07) is 15.5. The second-order valence-electron chi connectivity index (χ2n) is 13.6. The van der Waals surface area contributed by atoms with Crippen molar-refractivity contribution in [2.45, 2.75) is 102 Å². The summed E-state index contributed by atoms with van der Waals surface area (Å²) in [6.45, 7) is 5.21. The lowest BCUT2D eigenvalue weighted by Gasteiger charge is -2.54. The van der Waals surface area contributed by atoms with E-state index in [4.69, 9.17) is 4.74 Å². The Labute approximate surface area is 246 Å². The Morgan fingerprint density at radius 1 is 0.976 bits per heavy atom. The van der Waals surface area contributed by atoms with Crippen molar-refractivity contribution < 1.29 is 19.7 Å². The zero-order chi connectivity index (χ0) is 28.4. The SMILES string of the molecule is C[C@]12C[C@H](c3ccc(CCCCCCCC(=O)N4CCOCC4)cc3)[C@@H]3c4ccc(O)cc4CC[C@H]3[C@@H]1CC[C@@H]2O. The van der Waals surface area contributed by atoms with Gasteiger partial charge in [-0.25, -0.2) is 0 Å². The predicted octanol–water partition coefficient (Wildman–Crippen LogP) is 6.74.